The van der Waals surface area contributed by atoms with Gasteiger partial charge in [0.05, 0.1) is 25.4 Å². The van der Waals surface area contributed by atoms with Crippen LogP contribution in [0.4, 0.5) is 0 Å². The van der Waals surface area contributed by atoms with Crippen LogP contribution in [0.1, 0.15) is 71.1 Å². The molecular weight excluding hydrogens is 332 g/mol. The SMILES string of the molecule is CCCCCC(=O)C=CC1C(O)C[C@H]2OC(CCCCC(=O)OC)C[C@H]12. The number of unbranched alkanes of at least 4 members (excludes halogenated alkanes) is 3. The van der Waals surface area contributed by atoms with Gasteiger partial charge in [-0.25, -0.2) is 0 Å². The molecule has 3 unspecified atom stereocenters. The number of esters is 1. The van der Waals surface area contributed by atoms with Crippen LogP contribution < -0.4 is 0 Å². The van der Waals surface area contributed by atoms with Crippen LogP contribution in [0.5, 0.6) is 0 Å². The van der Waals surface area contributed by atoms with Gasteiger partial charge in [0, 0.05) is 25.2 Å². The van der Waals surface area contributed by atoms with E-state index in [1.807, 2.05) is 6.08 Å². The van der Waals surface area contributed by atoms with Crippen LogP contribution in [0.15, 0.2) is 12.2 Å². The van der Waals surface area contributed by atoms with Crippen molar-refractivity contribution in [1.82, 2.24) is 0 Å². The Balaban J connectivity index is 1.75. The molecular formula is C21H34O5. The maximum Gasteiger partial charge on any atom is 0.305 e. The van der Waals surface area contributed by atoms with Crippen LogP contribution in [0.2, 0.25) is 0 Å². The molecule has 5 heteroatoms. The highest BCUT2D eigenvalue weighted by atomic mass is 16.5. The maximum absolute atomic E-state index is 12.0. The molecule has 1 aliphatic heterocycles. The van der Waals surface area contributed by atoms with E-state index in [2.05, 4.69) is 11.7 Å². The number of allylic oxidation sites excluding steroid dienone is 1. The fraction of sp³-hybridized carbons (Fsp3) is 0.810. The summed E-state index contributed by atoms with van der Waals surface area (Å²) in [5.74, 6) is 0.323. The molecule has 1 heterocycles. The summed E-state index contributed by atoms with van der Waals surface area (Å²) in [5.41, 5.74) is 0. The van der Waals surface area contributed by atoms with Gasteiger partial charge in [-0.3, -0.25) is 9.59 Å². The van der Waals surface area contributed by atoms with Gasteiger partial charge >= 0.3 is 5.97 Å². The van der Waals surface area contributed by atoms with Gasteiger partial charge in [-0.2, -0.15) is 0 Å². The molecule has 5 nitrogen and oxygen atoms in total. The van der Waals surface area contributed by atoms with Gasteiger partial charge in [0.25, 0.3) is 0 Å². The van der Waals surface area contributed by atoms with E-state index < -0.39 is 6.10 Å². The lowest BCUT2D eigenvalue weighted by molar-refractivity contribution is -0.140. The highest BCUT2D eigenvalue weighted by Gasteiger charge is 2.47. The van der Waals surface area contributed by atoms with E-state index in [1.165, 1.54) is 7.11 Å². The van der Waals surface area contributed by atoms with Gasteiger partial charge in [-0.1, -0.05) is 32.3 Å². The molecule has 2 fully saturated rings. The summed E-state index contributed by atoms with van der Waals surface area (Å²) in [6, 6.07) is 0. The first-order valence-electron chi connectivity index (χ1n) is 10.2. The highest BCUT2D eigenvalue weighted by molar-refractivity contribution is 5.89. The Morgan fingerprint density at radius 2 is 1.92 bits per heavy atom. The van der Waals surface area contributed by atoms with E-state index in [0.717, 1.165) is 44.9 Å². The number of aliphatic hydroxyl groups excluding tert-OH is 1. The zero-order valence-corrected chi connectivity index (χ0v) is 16.2. The van der Waals surface area contributed by atoms with E-state index >= 15 is 0 Å². The van der Waals surface area contributed by atoms with Crippen molar-refractivity contribution in [2.24, 2.45) is 11.8 Å². The number of fused-ring (bicyclic) bond motifs is 1. The third-order valence-corrected chi connectivity index (χ3v) is 5.71. The Morgan fingerprint density at radius 1 is 1.15 bits per heavy atom. The Bertz CT molecular complexity index is 487. The number of ether oxygens (including phenoxy) is 2. The summed E-state index contributed by atoms with van der Waals surface area (Å²) >= 11 is 0. The molecule has 2 rings (SSSR count). The molecule has 2 aliphatic rings. The summed E-state index contributed by atoms with van der Waals surface area (Å²) in [4.78, 5) is 23.1. The smallest absolute Gasteiger partial charge is 0.305 e. The predicted octanol–water partition coefficient (Wildman–Crippen LogP) is 3.58. The lowest BCUT2D eigenvalue weighted by atomic mass is 9.89. The van der Waals surface area contributed by atoms with Crippen LogP contribution >= 0.6 is 0 Å². The van der Waals surface area contributed by atoms with E-state index in [-0.39, 0.29) is 29.9 Å². The Kier molecular flexibility index (Phi) is 8.79. The zero-order valence-electron chi connectivity index (χ0n) is 16.2. The fourth-order valence-electron chi connectivity index (χ4n) is 4.23. The minimum absolute atomic E-state index is 0.0233. The van der Waals surface area contributed by atoms with Crippen LogP contribution in [-0.4, -0.2) is 42.3 Å². The fourth-order valence-corrected chi connectivity index (χ4v) is 4.23. The van der Waals surface area contributed by atoms with Crippen LogP contribution in [0, 0.1) is 11.8 Å². The molecule has 0 aromatic heterocycles. The topological polar surface area (TPSA) is 72.8 Å². The van der Waals surface area contributed by atoms with Gasteiger partial charge in [-0.15, -0.1) is 0 Å². The first-order valence-corrected chi connectivity index (χ1v) is 10.2. The Hall–Kier alpha value is -1.20. The van der Waals surface area contributed by atoms with Crippen molar-refractivity contribution in [1.29, 1.82) is 0 Å². The zero-order chi connectivity index (χ0) is 18.9. The number of carbonyl (C=O) groups is 2. The molecule has 26 heavy (non-hydrogen) atoms. The molecule has 0 aromatic carbocycles. The summed E-state index contributed by atoms with van der Waals surface area (Å²) in [6.07, 6.45) is 12.0. The van der Waals surface area contributed by atoms with Crippen LogP contribution in [0.25, 0.3) is 0 Å². The highest BCUT2D eigenvalue weighted by Crippen LogP contribution is 2.45. The molecule has 1 aliphatic carbocycles. The van der Waals surface area contributed by atoms with Crippen molar-refractivity contribution in [2.75, 3.05) is 7.11 Å². The average Bonchev–Trinajstić information content (AvgIpc) is 3.13. The third kappa shape index (κ3) is 6.20. The van der Waals surface area contributed by atoms with Gasteiger partial charge in [0.15, 0.2) is 5.78 Å². The molecule has 148 valence electrons. The maximum atomic E-state index is 12.0. The van der Waals surface area contributed by atoms with Crippen molar-refractivity contribution in [3.63, 3.8) is 0 Å². The molecule has 1 saturated carbocycles. The van der Waals surface area contributed by atoms with Crippen molar-refractivity contribution >= 4 is 11.8 Å². The number of carbonyl (C=O) groups excluding carboxylic acids is 2. The van der Waals surface area contributed by atoms with E-state index in [1.54, 1.807) is 6.08 Å². The van der Waals surface area contributed by atoms with Crippen molar-refractivity contribution < 1.29 is 24.2 Å². The van der Waals surface area contributed by atoms with Crippen molar-refractivity contribution in [3.8, 4) is 0 Å². The molecule has 1 saturated heterocycles. The lowest BCUT2D eigenvalue weighted by Gasteiger charge is -2.17. The molecule has 0 radical (unpaired) electrons. The summed E-state index contributed by atoms with van der Waals surface area (Å²) in [5, 5.41) is 10.3. The minimum Gasteiger partial charge on any atom is -0.469 e. The van der Waals surface area contributed by atoms with Crippen LogP contribution in [0.3, 0.4) is 0 Å². The lowest BCUT2D eigenvalue weighted by Crippen LogP contribution is -2.19. The molecule has 0 amide bonds. The van der Waals surface area contributed by atoms with Crippen LogP contribution in [-0.2, 0) is 19.1 Å². The second kappa shape index (κ2) is 10.8. The first-order chi connectivity index (χ1) is 12.5. The van der Waals surface area contributed by atoms with E-state index in [9.17, 15) is 14.7 Å². The predicted molar refractivity (Wildman–Crippen MR) is 99.7 cm³/mol. The number of aliphatic hydroxyl groups is 1. The number of hydrogen-bond acceptors (Lipinski definition) is 5. The Morgan fingerprint density at radius 3 is 2.65 bits per heavy atom. The van der Waals surface area contributed by atoms with Crippen molar-refractivity contribution in [3.05, 3.63) is 12.2 Å². The minimum atomic E-state index is -0.412. The van der Waals surface area contributed by atoms with Crippen molar-refractivity contribution in [2.45, 2.75) is 89.4 Å². The summed E-state index contributed by atoms with van der Waals surface area (Å²) in [6.45, 7) is 2.13. The molecule has 0 aromatic rings. The third-order valence-electron chi connectivity index (χ3n) is 5.71. The standard InChI is InChI=1S/C21H34O5/c1-3-4-5-8-15(22)11-12-17-18-13-16(26-20(18)14-19(17)23)9-6-7-10-21(24)25-2/h11-12,16-20,23H,3-10,13-14H2,1-2H3/t16?,17?,18-,19?,20-/m1/s1. The van der Waals surface area contributed by atoms with Gasteiger partial charge in [-0.05, 0) is 37.7 Å². The van der Waals surface area contributed by atoms with E-state index in [4.69, 9.17) is 4.74 Å². The molecule has 0 bridgehead atoms. The average molecular weight is 366 g/mol. The summed E-state index contributed by atoms with van der Waals surface area (Å²) < 4.78 is 10.8. The van der Waals surface area contributed by atoms with Gasteiger partial charge in [0.2, 0.25) is 0 Å². The molecule has 1 N–H and O–H groups in total. The molecule has 0 spiro atoms. The summed E-state index contributed by atoms with van der Waals surface area (Å²) in [7, 11) is 1.41. The van der Waals surface area contributed by atoms with Gasteiger partial charge in [0.1, 0.15) is 0 Å². The number of ketones is 1. The van der Waals surface area contributed by atoms with Gasteiger partial charge < -0.3 is 14.6 Å². The second-order valence-corrected chi connectivity index (χ2v) is 7.68. The Labute approximate surface area is 157 Å². The number of rotatable bonds is 11. The second-order valence-electron chi connectivity index (χ2n) is 7.68. The number of hydrogen-bond donors (Lipinski definition) is 1. The number of methoxy groups -OCH3 is 1. The largest absolute Gasteiger partial charge is 0.469 e. The first kappa shape index (κ1) is 21.1. The monoisotopic (exact) mass is 366 g/mol. The van der Waals surface area contributed by atoms with E-state index in [0.29, 0.717) is 25.2 Å². The normalized spacial score (nSPS) is 30.7. The molecule has 5 atom stereocenters. The quantitative estimate of drug-likeness (QED) is 0.344.